The number of hydrogen-bond acceptors (Lipinski definition) is 5. The fraction of sp³-hybridized carbons (Fsp3) is 0.0435. The summed E-state index contributed by atoms with van der Waals surface area (Å²) in [7, 11) is 0. The number of benzene rings is 3. The number of hydrogen-bond donors (Lipinski definition) is 1. The molecule has 7 nitrogen and oxygen atoms in total. The second-order valence-electron chi connectivity index (χ2n) is 6.98. The Hall–Kier alpha value is -3.97. The minimum absolute atomic E-state index is 0.239. The zero-order valence-electron chi connectivity index (χ0n) is 16.4. The van der Waals surface area contributed by atoms with Crippen LogP contribution in [0.5, 0.6) is 0 Å². The molecule has 5 aromatic rings. The van der Waals surface area contributed by atoms with Gasteiger partial charge in [0.2, 0.25) is 0 Å². The Morgan fingerprint density at radius 1 is 1.03 bits per heavy atom. The molecule has 0 spiro atoms. The molecular weight excluding hydrogens is 414 g/mol. The quantitative estimate of drug-likeness (QED) is 0.419. The SMILES string of the molecule is Cc1c(C(=O)Nc2ccc(Cl)cc2)nnn1-c1ccc2noc(-c3ccccc3)c2c1. The van der Waals surface area contributed by atoms with E-state index in [4.69, 9.17) is 16.1 Å². The van der Waals surface area contributed by atoms with E-state index in [2.05, 4.69) is 20.8 Å². The Morgan fingerprint density at radius 3 is 2.58 bits per heavy atom. The first kappa shape index (κ1) is 19.0. The number of amides is 1. The Balaban J connectivity index is 1.49. The second-order valence-corrected chi connectivity index (χ2v) is 7.41. The number of halogens is 1. The molecule has 2 heterocycles. The van der Waals surface area contributed by atoms with Gasteiger partial charge in [0.15, 0.2) is 11.5 Å². The summed E-state index contributed by atoms with van der Waals surface area (Å²) in [6, 6.07) is 22.3. The lowest BCUT2D eigenvalue weighted by Crippen LogP contribution is -2.14. The van der Waals surface area contributed by atoms with Crippen molar-refractivity contribution in [3.05, 3.63) is 89.2 Å². The largest absolute Gasteiger partial charge is 0.355 e. The van der Waals surface area contributed by atoms with Gasteiger partial charge in [0, 0.05) is 16.3 Å². The van der Waals surface area contributed by atoms with Crippen molar-refractivity contribution in [2.45, 2.75) is 6.92 Å². The van der Waals surface area contributed by atoms with Crippen LogP contribution in [0.2, 0.25) is 5.02 Å². The van der Waals surface area contributed by atoms with E-state index in [1.165, 1.54) is 0 Å². The van der Waals surface area contributed by atoms with Crippen LogP contribution in [0.1, 0.15) is 16.2 Å². The molecule has 2 aromatic heterocycles. The summed E-state index contributed by atoms with van der Waals surface area (Å²) >= 11 is 5.90. The molecule has 0 atom stereocenters. The summed E-state index contributed by atoms with van der Waals surface area (Å²) in [6.45, 7) is 1.80. The van der Waals surface area contributed by atoms with Crippen LogP contribution in [0, 0.1) is 6.92 Å². The molecule has 0 saturated carbocycles. The van der Waals surface area contributed by atoms with Crippen molar-refractivity contribution in [3.8, 4) is 17.0 Å². The van der Waals surface area contributed by atoms with Crippen molar-refractivity contribution in [3.63, 3.8) is 0 Å². The van der Waals surface area contributed by atoms with Gasteiger partial charge in [-0.05, 0) is 49.4 Å². The monoisotopic (exact) mass is 429 g/mol. The molecule has 0 saturated heterocycles. The van der Waals surface area contributed by atoms with Crippen LogP contribution in [-0.2, 0) is 0 Å². The van der Waals surface area contributed by atoms with Gasteiger partial charge < -0.3 is 9.84 Å². The van der Waals surface area contributed by atoms with Crippen LogP contribution in [-0.4, -0.2) is 26.1 Å². The predicted molar refractivity (Wildman–Crippen MR) is 119 cm³/mol. The zero-order valence-corrected chi connectivity index (χ0v) is 17.2. The maximum Gasteiger partial charge on any atom is 0.278 e. The lowest BCUT2D eigenvalue weighted by atomic mass is 10.1. The number of aromatic nitrogens is 4. The zero-order chi connectivity index (χ0) is 21.4. The van der Waals surface area contributed by atoms with Crippen molar-refractivity contribution >= 4 is 34.1 Å². The van der Waals surface area contributed by atoms with Gasteiger partial charge in [-0.1, -0.05) is 52.3 Å². The lowest BCUT2D eigenvalue weighted by molar-refractivity contribution is 0.102. The van der Waals surface area contributed by atoms with Crippen molar-refractivity contribution in [1.29, 1.82) is 0 Å². The van der Waals surface area contributed by atoms with Crippen LogP contribution in [0.4, 0.5) is 5.69 Å². The van der Waals surface area contributed by atoms with Crippen LogP contribution in [0.15, 0.2) is 77.3 Å². The third-order valence-electron chi connectivity index (χ3n) is 4.95. The fourth-order valence-corrected chi connectivity index (χ4v) is 3.49. The molecule has 0 radical (unpaired) electrons. The highest BCUT2D eigenvalue weighted by molar-refractivity contribution is 6.30. The first-order valence-electron chi connectivity index (χ1n) is 9.54. The fourth-order valence-electron chi connectivity index (χ4n) is 3.37. The summed E-state index contributed by atoms with van der Waals surface area (Å²) < 4.78 is 7.19. The minimum atomic E-state index is -0.345. The molecule has 3 aromatic carbocycles. The van der Waals surface area contributed by atoms with E-state index in [0.717, 1.165) is 22.2 Å². The molecule has 8 heteroatoms. The summed E-state index contributed by atoms with van der Waals surface area (Å²) in [4.78, 5) is 12.7. The smallest absolute Gasteiger partial charge is 0.278 e. The van der Waals surface area contributed by atoms with Gasteiger partial charge in [-0.25, -0.2) is 4.68 Å². The second kappa shape index (κ2) is 7.70. The molecular formula is C23H16ClN5O2. The van der Waals surface area contributed by atoms with Crippen molar-refractivity contribution in [1.82, 2.24) is 20.2 Å². The Bertz CT molecular complexity index is 1390. The molecule has 0 aliphatic rings. The number of nitrogens with one attached hydrogen (secondary N) is 1. The highest BCUT2D eigenvalue weighted by Crippen LogP contribution is 2.30. The van der Waals surface area contributed by atoms with Gasteiger partial charge in [-0.15, -0.1) is 5.10 Å². The van der Waals surface area contributed by atoms with Crippen molar-refractivity contribution in [2.75, 3.05) is 5.32 Å². The topological polar surface area (TPSA) is 85.8 Å². The highest BCUT2D eigenvalue weighted by Gasteiger charge is 2.19. The van der Waals surface area contributed by atoms with Crippen LogP contribution in [0.25, 0.3) is 27.9 Å². The maximum absolute atomic E-state index is 12.7. The average molecular weight is 430 g/mol. The van der Waals surface area contributed by atoms with Crippen LogP contribution < -0.4 is 5.32 Å². The van der Waals surface area contributed by atoms with E-state index < -0.39 is 0 Å². The number of fused-ring (bicyclic) bond motifs is 1. The molecule has 31 heavy (non-hydrogen) atoms. The number of nitrogens with zero attached hydrogens (tertiary/aromatic N) is 4. The molecule has 0 unspecified atom stereocenters. The molecule has 5 rings (SSSR count). The standard InChI is InChI=1S/C23H16ClN5O2/c1-14-21(23(30)25-17-9-7-16(24)8-10-17)26-28-29(14)18-11-12-20-19(13-18)22(31-27-20)15-5-3-2-4-6-15/h2-13H,1H3,(H,25,30). The Morgan fingerprint density at radius 2 is 1.81 bits per heavy atom. The summed E-state index contributed by atoms with van der Waals surface area (Å²) in [5.41, 5.74) is 3.90. The number of rotatable bonds is 4. The summed E-state index contributed by atoms with van der Waals surface area (Å²) in [5, 5.41) is 16.7. The third kappa shape index (κ3) is 3.55. The first-order valence-corrected chi connectivity index (χ1v) is 9.92. The first-order chi connectivity index (χ1) is 15.1. The van der Waals surface area contributed by atoms with Gasteiger partial charge in [-0.3, -0.25) is 4.79 Å². The average Bonchev–Trinajstić information content (AvgIpc) is 3.39. The molecule has 0 fully saturated rings. The molecule has 0 aliphatic heterocycles. The number of anilines is 1. The van der Waals surface area contributed by atoms with Gasteiger partial charge in [0.1, 0.15) is 5.52 Å². The molecule has 152 valence electrons. The summed E-state index contributed by atoms with van der Waals surface area (Å²) in [6.07, 6.45) is 0. The molecule has 1 amide bonds. The van der Waals surface area contributed by atoms with Gasteiger partial charge >= 0.3 is 0 Å². The van der Waals surface area contributed by atoms with Crippen molar-refractivity contribution < 1.29 is 9.32 Å². The van der Waals surface area contributed by atoms with Gasteiger partial charge in [-0.2, -0.15) is 0 Å². The summed E-state index contributed by atoms with van der Waals surface area (Å²) in [5.74, 6) is 0.332. The Kier molecular flexibility index (Phi) is 4.72. The van der Waals surface area contributed by atoms with E-state index in [9.17, 15) is 4.79 Å². The van der Waals surface area contributed by atoms with E-state index in [-0.39, 0.29) is 11.6 Å². The highest BCUT2D eigenvalue weighted by atomic mass is 35.5. The van der Waals surface area contributed by atoms with Crippen molar-refractivity contribution in [2.24, 2.45) is 0 Å². The number of carbonyl (C=O) groups is 1. The predicted octanol–water partition coefficient (Wildman–Crippen LogP) is 5.29. The molecule has 1 N–H and O–H groups in total. The van der Waals surface area contributed by atoms with Gasteiger partial charge in [0.25, 0.3) is 5.91 Å². The van der Waals surface area contributed by atoms with Crippen LogP contribution in [0.3, 0.4) is 0 Å². The lowest BCUT2D eigenvalue weighted by Gasteiger charge is -2.06. The number of carbonyl (C=O) groups excluding carboxylic acids is 1. The van der Waals surface area contributed by atoms with E-state index in [0.29, 0.717) is 22.2 Å². The molecule has 0 aliphatic carbocycles. The van der Waals surface area contributed by atoms with Gasteiger partial charge in [0.05, 0.1) is 16.8 Å². The Labute approximate surface area is 182 Å². The van der Waals surface area contributed by atoms with E-state index >= 15 is 0 Å². The molecule has 0 bridgehead atoms. The minimum Gasteiger partial charge on any atom is -0.355 e. The third-order valence-corrected chi connectivity index (χ3v) is 5.20. The van der Waals surface area contributed by atoms with E-state index in [1.54, 1.807) is 35.9 Å². The van der Waals surface area contributed by atoms with Crippen LogP contribution >= 0.6 is 11.6 Å². The normalized spacial score (nSPS) is 11.0. The van der Waals surface area contributed by atoms with E-state index in [1.807, 2.05) is 48.5 Å². The maximum atomic E-state index is 12.7.